The van der Waals surface area contributed by atoms with Gasteiger partial charge in [-0.15, -0.1) is 0 Å². The van der Waals surface area contributed by atoms with Gasteiger partial charge in [0.05, 0.1) is 20.8 Å². The van der Waals surface area contributed by atoms with Crippen LogP contribution in [0.15, 0.2) is 36.4 Å². The Hall–Kier alpha value is -2.73. The van der Waals surface area contributed by atoms with E-state index >= 15 is 0 Å². The maximum atomic E-state index is 10.9. The summed E-state index contributed by atoms with van der Waals surface area (Å²) >= 11 is 0. The summed E-state index contributed by atoms with van der Waals surface area (Å²) in [7, 11) is 2.96. The minimum absolute atomic E-state index is 0.0473. The molecule has 25 heavy (non-hydrogen) atoms. The predicted octanol–water partition coefficient (Wildman–Crippen LogP) is 2.77. The van der Waals surface area contributed by atoms with Crippen molar-refractivity contribution in [1.29, 1.82) is 0 Å². The summed E-state index contributed by atoms with van der Waals surface area (Å²) < 4.78 is 16.3. The van der Waals surface area contributed by atoms with Gasteiger partial charge in [-0.25, -0.2) is 0 Å². The summed E-state index contributed by atoms with van der Waals surface area (Å²) in [5.41, 5.74) is 1.32. The van der Waals surface area contributed by atoms with Crippen LogP contribution in [0.3, 0.4) is 0 Å². The van der Waals surface area contributed by atoms with Gasteiger partial charge in [-0.3, -0.25) is 4.79 Å². The molecule has 2 rings (SSSR count). The van der Waals surface area contributed by atoms with Crippen molar-refractivity contribution < 1.29 is 29.2 Å². The summed E-state index contributed by atoms with van der Waals surface area (Å²) in [6.07, 6.45) is 0.173. The highest BCUT2D eigenvalue weighted by Crippen LogP contribution is 2.34. The number of rotatable bonds is 8. The van der Waals surface area contributed by atoms with Crippen LogP contribution in [0.5, 0.6) is 23.0 Å². The Morgan fingerprint density at radius 3 is 2.36 bits per heavy atom. The highest BCUT2D eigenvalue weighted by atomic mass is 16.5. The van der Waals surface area contributed by atoms with E-state index in [9.17, 15) is 15.0 Å². The molecule has 0 bridgehead atoms. The van der Waals surface area contributed by atoms with Crippen LogP contribution in [0.25, 0.3) is 0 Å². The van der Waals surface area contributed by atoms with Crippen LogP contribution in [0.1, 0.15) is 28.8 Å². The lowest BCUT2D eigenvalue weighted by molar-refractivity contribution is 0.0945. The van der Waals surface area contributed by atoms with Gasteiger partial charge in [0.1, 0.15) is 12.4 Å². The van der Waals surface area contributed by atoms with Crippen LogP contribution in [-0.2, 0) is 0 Å². The highest BCUT2D eigenvalue weighted by molar-refractivity contribution is 5.76. The maximum Gasteiger partial charge on any atom is 0.161 e. The fourth-order valence-electron chi connectivity index (χ4n) is 2.51. The van der Waals surface area contributed by atoms with Crippen molar-refractivity contribution in [3.05, 3.63) is 47.5 Å². The van der Waals surface area contributed by atoms with Crippen LogP contribution in [0, 0.1) is 0 Å². The molecule has 0 spiro atoms. The molecule has 0 amide bonds. The Balaban J connectivity index is 2.26. The van der Waals surface area contributed by atoms with E-state index in [0.29, 0.717) is 22.8 Å². The second-order valence-electron chi connectivity index (χ2n) is 5.59. The van der Waals surface area contributed by atoms with E-state index in [1.807, 2.05) is 6.92 Å². The summed E-state index contributed by atoms with van der Waals surface area (Å²) in [6.45, 7) is 1.68. The molecule has 2 atom stereocenters. The fourth-order valence-corrected chi connectivity index (χ4v) is 2.51. The molecule has 6 nitrogen and oxygen atoms in total. The molecule has 2 aromatic rings. The van der Waals surface area contributed by atoms with Crippen molar-refractivity contribution in [2.45, 2.75) is 18.9 Å². The smallest absolute Gasteiger partial charge is 0.161 e. The standard InChI is InChI=1S/C19H22O6/c1-12(14-5-6-15(22)17(9-14)23-2)19(11-21)25-16-7-4-13(10-20)8-18(16)24-3/h4-10,12,19,21-22H,11H2,1-3H3/t12-,19+/m1/s1. The molecule has 0 aliphatic carbocycles. The van der Waals surface area contributed by atoms with Crippen LogP contribution in [0.2, 0.25) is 0 Å². The average molecular weight is 346 g/mol. The number of benzene rings is 2. The SMILES string of the molecule is COc1cc([C@@H](C)[C@H](CO)Oc2ccc(C=O)cc2OC)ccc1O. The molecule has 134 valence electrons. The Morgan fingerprint density at radius 1 is 1.04 bits per heavy atom. The first-order valence-corrected chi connectivity index (χ1v) is 7.81. The van der Waals surface area contributed by atoms with E-state index < -0.39 is 6.10 Å². The zero-order chi connectivity index (χ0) is 18.4. The number of phenols is 1. The van der Waals surface area contributed by atoms with Gasteiger partial charge in [0.25, 0.3) is 0 Å². The number of aldehydes is 1. The number of phenolic OH excluding ortho intramolecular Hbond substituents is 1. The Morgan fingerprint density at radius 2 is 1.76 bits per heavy atom. The minimum Gasteiger partial charge on any atom is -0.504 e. The van der Waals surface area contributed by atoms with Crippen molar-refractivity contribution in [2.75, 3.05) is 20.8 Å². The van der Waals surface area contributed by atoms with Crippen LogP contribution < -0.4 is 14.2 Å². The average Bonchev–Trinajstić information content (AvgIpc) is 2.65. The Bertz CT molecular complexity index is 728. The second kappa shape index (κ2) is 8.39. The number of hydrogen-bond donors (Lipinski definition) is 2. The van der Waals surface area contributed by atoms with E-state index in [1.54, 1.807) is 36.4 Å². The van der Waals surface area contributed by atoms with E-state index in [2.05, 4.69) is 0 Å². The molecule has 0 saturated heterocycles. The third-order valence-electron chi connectivity index (χ3n) is 4.07. The molecule has 0 heterocycles. The van der Waals surface area contributed by atoms with Crippen molar-refractivity contribution in [3.63, 3.8) is 0 Å². The van der Waals surface area contributed by atoms with Crippen molar-refractivity contribution in [1.82, 2.24) is 0 Å². The van der Waals surface area contributed by atoms with Gasteiger partial charge >= 0.3 is 0 Å². The Labute approximate surface area is 146 Å². The first kappa shape index (κ1) is 18.6. The van der Waals surface area contributed by atoms with Crippen LogP contribution in [0.4, 0.5) is 0 Å². The number of hydrogen-bond acceptors (Lipinski definition) is 6. The summed E-state index contributed by atoms with van der Waals surface area (Å²) in [6, 6.07) is 9.83. The molecule has 0 aliphatic rings. The van der Waals surface area contributed by atoms with Crippen LogP contribution in [-0.4, -0.2) is 43.4 Å². The molecule has 6 heteroatoms. The molecule has 0 saturated carbocycles. The van der Waals surface area contributed by atoms with Gasteiger partial charge in [-0.1, -0.05) is 13.0 Å². The Kier molecular flexibility index (Phi) is 6.25. The lowest BCUT2D eigenvalue weighted by Gasteiger charge is -2.25. The summed E-state index contributed by atoms with van der Waals surface area (Å²) in [4.78, 5) is 10.9. The lowest BCUT2D eigenvalue weighted by atomic mass is 9.95. The molecule has 2 aromatic carbocycles. The third-order valence-corrected chi connectivity index (χ3v) is 4.07. The van der Waals surface area contributed by atoms with Crippen LogP contribution >= 0.6 is 0 Å². The maximum absolute atomic E-state index is 10.9. The van der Waals surface area contributed by atoms with Gasteiger partial charge in [0, 0.05) is 11.5 Å². The van der Waals surface area contributed by atoms with Gasteiger partial charge in [0.15, 0.2) is 23.0 Å². The van der Waals surface area contributed by atoms with E-state index in [0.717, 1.165) is 11.8 Å². The number of carbonyl (C=O) groups excluding carboxylic acids is 1. The largest absolute Gasteiger partial charge is 0.504 e. The first-order chi connectivity index (χ1) is 12.0. The van der Waals surface area contributed by atoms with Crippen molar-refractivity contribution >= 4 is 6.29 Å². The number of aliphatic hydroxyl groups is 1. The topological polar surface area (TPSA) is 85.2 Å². The third kappa shape index (κ3) is 4.22. The fraction of sp³-hybridized carbons (Fsp3) is 0.316. The lowest BCUT2D eigenvalue weighted by Crippen LogP contribution is -2.27. The van der Waals surface area contributed by atoms with E-state index in [1.165, 1.54) is 14.2 Å². The molecule has 0 fully saturated rings. The normalized spacial score (nSPS) is 13.0. The molecule has 0 unspecified atom stereocenters. The highest BCUT2D eigenvalue weighted by Gasteiger charge is 2.23. The van der Waals surface area contributed by atoms with E-state index in [-0.39, 0.29) is 18.3 Å². The summed E-state index contributed by atoms with van der Waals surface area (Å²) in [5, 5.41) is 19.5. The van der Waals surface area contributed by atoms with Gasteiger partial charge < -0.3 is 24.4 Å². The molecule has 0 radical (unpaired) electrons. The second-order valence-corrected chi connectivity index (χ2v) is 5.59. The minimum atomic E-state index is -0.551. The summed E-state index contributed by atoms with van der Waals surface area (Å²) in [5.74, 6) is 1.07. The molecule has 0 aliphatic heterocycles. The van der Waals surface area contributed by atoms with Gasteiger partial charge in [0.2, 0.25) is 0 Å². The van der Waals surface area contributed by atoms with Gasteiger partial charge in [-0.2, -0.15) is 0 Å². The zero-order valence-electron chi connectivity index (χ0n) is 14.4. The molecule has 2 N–H and O–H groups in total. The zero-order valence-corrected chi connectivity index (χ0v) is 14.4. The van der Waals surface area contributed by atoms with E-state index in [4.69, 9.17) is 14.2 Å². The molecular weight excluding hydrogens is 324 g/mol. The van der Waals surface area contributed by atoms with Crippen molar-refractivity contribution in [3.8, 4) is 23.0 Å². The predicted molar refractivity (Wildman–Crippen MR) is 93.0 cm³/mol. The molecule has 0 aromatic heterocycles. The quantitative estimate of drug-likeness (QED) is 0.715. The number of methoxy groups -OCH3 is 2. The number of carbonyl (C=O) groups is 1. The monoisotopic (exact) mass is 346 g/mol. The number of aliphatic hydroxyl groups excluding tert-OH is 1. The number of ether oxygens (including phenoxy) is 3. The number of aromatic hydroxyl groups is 1. The van der Waals surface area contributed by atoms with Gasteiger partial charge in [-0.05, 0) is 35.9 Å². The molecular formula is C19H22O6. The van der Waals surface area contributed by atoms with Crippen molar-refractivity contribution in [2.24, 2.45) is 0 Å². The first-order valence-electron chi connectivity index (χ1n) is 7.81.